The van der Waals surface area contributed by atoms with E-state index in [-0.39, 0.29) is 10.8 Å². The van der Waals surface area contributed by atoms with E-state index in [0.29, 0.717) is 20.0 Å². The number of hydrogen-bond donors (Lipinski definition) is 0. The van der Waals surface area contributed by atoms with Gasteiger partial charge in [0.25, 0.3) is 0 Å². The maximum Gasteiger partial charge on any atom is 0.146 e. The molecule has 0 saturated carbocycles. The maximum atomic E-state index is 5.40. The van der Waals surface area contributed by atoms with E-state index in [0.717, 1.165) is 0 Å². The number of ether oxygens (including phenoxy) is 2. The molecule has 88 valence electrons. The van der Waals surface area contributed by atoms with Gasteiger partial charge in [-0.3, -0.25) is 0 Å². The second-order valence-electron chi connectivity index (χ2n) is 5.20. The summed E-state index contributed by atoms with van der Waals surface area (Å²) in [6.45, 7) is 17.4. The molecule has 0 heterocycles. The van der Waals surface area contributed by atoms with Gasteiger partial charge >= 0.3 is 0 Å². The summed E-state index contributed by atoms with van der Waals surface area (Å²) in [6, 6.07) is 0. The van der Waals surface area contributed by atoms with Gasteiger partial charge in [-0.05, 0) is 0 Å². The summed E-state index contributed by atoms with van der Waals surface area (Å²) in [4.78, 5) is 0. The quantitative estimate of drug-likeness (QED) is 0.349. The highest BCUT2D eigenvalue weighted by Crippen LogP contribution is 2.17. The Morgan fingerprint density at radius 3 is 1.47 bits per heavy atom. The molecule has 0 unspecified atom stereocenters. The van der Waals surface area contributed by atoms with Crippen LogP contribution in [0.1, 0.15) is 27.7 Å². The first kappa shape index (κ1) is 14.4. The van der Waals surface area contributed by atoms with E-state index >= 15 is 0 Å². The van der Waals surface area contributed by atoms with Crippen LogP contribution in [0.2, 0.25) is 0 Å². The van der Waals surface area contributed by atoms with Crippen molar-refractivity contribution in [2.45, 2.75) is 27.7 Å². The average molecular weight is 212 g/mol. The minimum Gasteiger partial charge on any atom is -0.355 e. The van der Waals surface area contributed by atoms with Gasteiger partial charge in [-0.1, -0.05) is 39.8 Å². The summed E-state index contributed by atoms with van der Waals surface area (Å²) in [5.74, 6) is 0. The van der Waals surface area contributed by atoms with Crippen LogP contribution in [0.3, 0.4) is 0 Å². The summed E-state index contributed by atoms with van der Waals surface area (Å²) in [7, 11) is 0. The predicted octanol–water partition coefficient (Wildman–Crippen LogP) is 3.40. The standard InChI is InChI=1S/C13H24O2/c1-7-12(3,4)9-14-11-15-10-13(5,6)8-2/h7-8H,1-2,9-11H2,3-6H3. The first-order chi connectivity index (χ1) is 6.83. The SMILES string of the molecule is C=CC(C)(C)COCOCC(C)(C)C=C. The normalized spacial score (nSPS) is 12.5. The molecule has 0 aromatic rings. The molecule has 15 heavy (non-hydrogen) atoms. The van der Waals surface area contributed by atoms with Crippen molar-refractivity contribution in [1.82, 2.24) is 0 Å². The van der Waals surface area contributed by atoms with E-state index < -0.39 is 0 Å². The van der Waals surface area contributed by atoms with E-state index in [4.69, 9.17) is 9.47 Å². The lowest BCUT2D eigenvalue weighted by molar-refractivity contribution is -0.0839. The third kappa shape index (κ3) is 7.34. The third-order valence-corrected chi connectivity index (χ3v) is 2.22. The van der Waals surface area contributed by atoms with Crippen LogP contribution in [0.25, 0.3) is 0 Å². The zero-order valence-electron chi connectivity index (χ0n) is 10.5. The molecule has 0 atom stereocenters. The lowest BCUT2D eigenvalue weighted by Gasteiger charge is -2.22. The van der Waals surface area contributed by atoms with Crippen molar-refractivity contribution in [1.29, 1.82) is 0 Å². The van der Waals surface area contributed by atoms with Crippen LogP contribution >= 0.6 is 0 Å². The van der Waals surface area contributed by atoms with E-state index in [9.17, 15) is 0 Å². The van der Waals surface area contributed by atoms with Crippen molar-refractivity contribution >= 4 is 0 Å². The molecule has 0 saturated heterocycles. The predicted molar refractivity (Wildman–Crippen MR) is 64.7 cm³/mol. The Morgan fingerprint density at radius 1 is 0.867 bits per heavy atom. The molecule has 0 N–H and O–H groups in total. The molecule has 0 amide bonds. The Hall–Kier alpha value is -0.600. The Balaban J connectivity index is 3.56. The highest BCUT2D eigenvalue weighted by atomic mass is 16.7. The smallest absolute Gasteiger partial charge is 0.146 e. The minimum atomic E-state index is 0.0112. The minimum absolute atomic E-state index is 0.0112. The molecule has 0 fully saturated rings. The van der Waals surface area contributed by atoms with Gasteiger partial charge in [0.1, 0.15) is 6.79 Å². The summed E-state index contributed by atoms with van der Waals surface area (Å²) in [6.07, 6.45) is 3.78. The Morgan fingerprint density at radius 2 is 1.20 bits per heavy atom. The molecule has 0 aromatic carbocycles. The third-order valence-electron chi connectivity index (χ3n) is 2.22. The molecule has 0 bridgehead atoms. The van der Waals surface area contributed by atoms with E-state index in [1.165, 1.54) is 0 Å². The first-order valence-electron chi connectivity index (χ1n) is 5.26. The molecule has 0 aliphatic heterocycles. The van der Waals surface area contributed by atoms with Gasteiger partial charge in [0.05, 0.1) is 13.2 Å². The van der Waals surface area contributed by atoms with Crippen LogP contribution in [0, 0.1) is 10.8 Å². The Bertz CT molecular complexity index is 183. The molecule has 0 spiro atoms. The van der Waals surface area contributed by atoms with Crippen LogP contribution in [-0.4, -0.2) is 20.0 Å². The van der Waals surface area contributed by atoms with Crippen LogP contribution in [-0.2, 0) is 9.47 Å². The monoisotopic (exact) mass is 212 g/mol. The molecule has 0 aliphatic carbocycles. The molecule has 2 heteroatoms. The maximum absolute atomic E-state index is 5.40. The largest absolute Gasteiger partial charge is 0.355 e. The second-order valence-corrected chi connectivity index (χ2v) is 5.20. The molecule has 0 aromatic heterocycles. The lowest BCUT2D eigenvalue weighted by atomic mass is 9.95. The molecular weight excluding hydrogens is 188 g/mol. The molecular formula is C13H24O2. The number of hydrogen-bond acceptors (Lipinski definition) is 2. The van der Waals surface area contributed by atoms with E-state index in [1.54, 1.807) is 0 Å². The highest BCUT2D eigenvalue weighted by molar-refractivity contribution is 4.87. The Kier molecular flexibility index (Phi) is 5.84. The fraction of sp³-hybridized carbons (Fsp3) is 0.692. The van der Waals surface area contributed by atoms with Gasteiger partial charge in [-0.25, -0.2) is 0 Å². The highest BCUT2D eigenvalue weighted by Gasteiger charge is 2.14. The summed E-state index contributed by atoms with van der Waals surface area (Å²) < 4.78 is 10.8. The van der Waals surface area contributed by atoms with Crippen LogP contribution in [0.4, 0.5) is 0 Å². The van der Waals surface area contributed by atoms with Crippen molar-refractivity contribution in [2.75, 3.05) is 20.0 Å². The van der Waals surface area contributed by atoms with Gasteiger partial charge < -0.3 is 9.47 Å². The molecule has 0 aliphatic rings. The van der Waals surface area contributed by atoms with E-state index in [1.807, 2.05) is 12.2 Å². The topological polar surface area (TPSA) is 18.5 Å². The summed E-state index contributed by atoms with van der Waals surface area (Å²) in [5, 5.41) is 0. The zero-order valence-corrected chi connectivity index (χ0v) is 10.5. The second kappa shape index (κ2) is 6.09. The van der Waals surface area contributed by atoms with Gasteiger partial charge in [0.15, 0.2) is 0 Å². The average Bonchev–Trinajstić information content (AvgIpc) is 2.17. The van der Waals surface area contributed by atoms with Crippen molar-refractivity contribution < 1.29 is 9.47 Å². The first-order valence-corrected chi connectivity index (χ1v) is 5.26. The fourth-order valence-electron chi connectivity index (χ4n) is 0.786. The van der Waals surface area contributed by atoms with Crippen LogP contribution < -0.4 is 0 Å². The van der Waals surface area contributed by atoms with Gasteiger partial charge in [-0.15, -0.1) is 13.2 Å². The van der Waals surface area contributed by atoms with Crippen LogP contribution in [0.15, 0.2) is 25.3 Å². The van der Waals surface area contributed by atoms with Crippen molar-refractivity contribution in [3.8, 4) is 0 Å². The van der Waals surface area contributed by atoms with E-state index in [2.05, 4.69) is 40.9 Å². The summed E-state index contributed by atoms with van der Waals surface area (Å²) in [5.41, 5.74) is 0.0224. The zero-order chi connectivity index (χ0) is 11.9. The van der Waals surface area contributed by atoms with Crippen molar-refractivity contribution in [2.24, 2.45) is 10.8 Å². The van der Waals surface area contributed by atoms with Crippen LogP contribution in [0.5, 0.6) is 0 Å². The number of rotatable bonds is 8. The van der Waals surface area contributed by atoms with Gasteiger partial charge in [0.2, 0.25) is 0 Å². The molecule has 2 nitrogen and oxygen atoms in total. The fourth-order valence-corrected chi connectivity index (χ4v) is 0.786. The molecule has 0 radical (unpaired) electrons. The molecule has 0 rings (SSSR count). The summed E-state index contributed by atoms with van der Waals surface area (Å²) >= 11 is 0. The van der Waals surface area contributed by atoms with Gasteiger partial charge in [-0.2, -0.15) is 0 Å². The van der Waals surface area contributed by atoms with Gasteiger partial charge in [0, 0.05) is 10.8 Å². The van der Waals surface area contributed by atoms with Crippen molar-refractivity contribution in [3.63, 3.8) is 0 Å². The Labute approximate surface area is 94.0 Å². The van der Waals surface area contributed by atoms with Crippen molar-refractivity contribution in [3.05, 3.63) is 25.3 Å². The lowest BCUT2D eigenvalue weighted by Crippen LogP contribution is -2.20.